The van der Waals surface area contributed by atoms with Crippen molar-refractivity contribution in [2.45, 2.75) is 25.7 Å². The van der Waals surface area contributed by atoms with Crippen LogP contribution in [0.25, 0.3) is 10.2 Å². The van der Waals surface area contributed by atoms with Crippen LogP contribution in [0.15, 0.2) is 76.7 Å². The number of fused-ring (bicyclic) bond motifs is 1. The minimum absolute atomic E-state index is 0.136. The summed E-state index contributed by atoms with van der Waals surface area (Å²) in [6.45, 7) is 6.31. The van der Waals surface area contributed by atoms with E-state index in [1.165, 1.54) is 44.9 Å². The fraction of sp³-hybridized carbons (Fsp3) is 0.222. The number of anilines is 1. The summed E-state index contributed by atoms with van der Waals surface area (Å²) in [5, 5.41) is 6.14. The zero-order valence-electron chi connectivity index (χ0n) is 21.1. The van der Waals surface area contributed by atoms with Crippen LogP contribution in [0.3, 0.4) is 0 Å². The van der Waals surface area contributed by atoms with Crippen LogP contribution in [0, 0.1) is 6.92 Å². The van der Waals surface area contributed by atoms with Crippen molar-refractivity contribution in [3.8, 4) is 5.75 Å². The molecule has 4 aromatic rings. The second-order valence-corrected chi connectivity index (χ2v) is 11.2. The summed E-state index contributed by atoms with van der Waals surface area (Å²) in [5.74, 6) is 0.290. The van der Waals surface area contributed by atoms with Gasteiger partial charge in [0.1, 0.15) is 5.75 Å². The number of amides is 1. The average molecular weight is 537 g/mol. The van der Waals surface area contributed by atoms with Gasteiger partial charge in [-0.1, -0.05) is 31.3 Å². The monoisotopic (exact) mass is 536 g/mol. The molecule has 10 heteroatoms. The number of hydrogen-bond acceptors (Lipinski definition) is 7. The second kappa shape index (κ2) is 11.2. The van der Waals surface area contributed by atoms with Crippen molar-refractivity contribution in [1.29, 1.82) is 0 Å². The quantitative estimate of drug-likeness (QED) is 0.213. The number of ether oxygens (including phenoxy) is 1. The first-order chi connectivity index (χ1) is 17.8. The Bertz CT molecular complexity index is 1530. The Morgan fingerprint density at radius 1 is 1.03 bits per heavy atom. The number of methoxy groups -OCH3 is 1. The number of carbonyl (C=O) groups is 1. The Morgan fingerprint density at radius 3 is 2.32 bits per heavy atom. The van der Waals surface area contributed by atoms with Gasteiger partial charge < -0.3 is 4.74 Å². The Morgan fingerprint density at radius 2 is 1.70 bits per heavy atom. The molecular formula is C27H28N4O4S2. The molecule has 0 radical (unpaired) electrons. The normalized spacial score (nSPS) is 11.9. The fourth-order valence-electron chi connectivity index (χ4n) is 3.72. The van der Waals surface area contributed by atoms with Gasteiger partial charge in [-0.2, -0.15) is 14.4 Å². The van der Waals surface area contributed by atoms with Gasteiger partial charge in [-0.25, -0.2) is 13.4 Å². The molecule has 192 valence electrons. The fourth-order valence-corrected chi connectivity index (χ4v) is 6.20. The Labute approximate surface area is 220 Å². The van der Waals surface area contributed by atoms with Gasteiger partial charge in [0, 0.05) is 18.7 Å². The summed E-state index contributed by atoms with van der Waals surface area (Å²) in [4.78, 5) is 18.4. The number of aryl methyl sites for hydroxylation is 1. The number of hydrazone groups is 1. The molecule has 3 aromatic carbocycles. The highest BCUT2D eigenvalue weighted by atomic mass is 32.2. The number of sulfonamides is 1. The van der Waals surface area contributed by atoms with Gasteiger partial charge in [-0.15, -0.1) is 0 Å². The van der Waals surface area contributed by atoms with Gasteiger partial charge in [-0.05, 0) is 78.7 Å². The molecule has 4 rings (SSSR count). The Hall–Kier alpha value is -3.60. The molecule has 37 heavy (non-hydrogen) atoms. The van der Waals surface area contributed by atoms with Gasteiger partial charge in [0.05, 0.1) is 28.4 Å². The molecule has 0 aliphatic carbocycles. The van der Waals surface area contributed by atoms with E-state index in [0.717, 1.165) is 21.3 Å². The molecule has 0 atom stereocenters. The third-order valence-electron chi connectivity index (χ3n) is 5.79. The molecule has 0 saturated heterocycles. The number of benzene rings is 3. The van der Waals surface area contributed by atoms with Crippen LogP contribution in [-0.2, 0) is 10.0 Å². The molecule has 8 nitrogen and oxygen atoms in total. The van der Waals surface area contributed by atoms with E-state index in [4.69, 9.17) is 4.74 Å². The lowest BCUT2D eigenvalue weighted by atomic mass is 10.2. The molecule has 0 fully saturated rings. The highest BCUT2D eigenvalue weighted by Gasteiger charge is 2.24. The van der Waals surface area contributed by atoms with E-state index in [1.807, 2.05) is 49.4 Å². The molecule has 0 N–H and O–H groups in total. The summed E-state index contributed by atoms with van der Waals surface area (Å²) in [5.41, 5.74) is 2.92. The molecule has 0 bridgehead atoms. The first kappa shape index (κ1) is 26.5. The Balaban J connectivity index is 1.70. The van der Waals surface area contributed by atoms with E-state index in [0.29, 0.717) is 29.5 Å². The van der Waals surface area contributed by atoms with Gasteiger partial charge >= 0.3 is 0 Å². The molecule has 0 saturated carbocycles. The van der Waals surface area contributed by atoms with Crippen molar-refractivity contribution in [3.63, 3.8) is 0 Å². The molecule has 0 unspecified atom stereocenters. The third-order valence-corrected chi connectivity index (χ3v) is 8.85. The van der Waals surface area contributed by atoms with Crippen molar-refractivity contribution < 1.29 is 17.9 Å². The molecule has 0 spiro atoms. The number of carbonyl (C=O) groups excluding carboxylic acids is 1. The summed E-state index contributed by atoms with van der Waals surface area (Å²) < 4.78 is 33.2. The molecule has 1 aromatic heterocycles. The van der Waals surface area contributed by atoms with Crippen LogP contribution in [-0.4, -0.2) is 50.0 Å². The largest absolute Gasteiger partial charge is 0.497 e. The molecular weight excluding hydrogens is 508 g/mol. The van der Waals surface area contributed by atoms with Crippen LogP contribution in [0.2, 0.25) is 0 Å². The lowest BCUT2D eigenvalue weighted by Gasteiger charge is -2.19. The van der Waals surface area contributed by atoms with E-state index >= 15 is 0 Å². The van der Waals surface area contributed by atoms with Gasteiger partial charge in [0.15, 0.2) is 0 Å². The minimum atomic E-state index is -3.63. The predicted molar refractivity (Wildman–Crippen MR) is 148 cm³/mol. The standard InChI is InChI=1S/C27H28N4O4S2/c1-5-30(6-2)37(33,34)23-14-10-21(11-15-23)26(32)31(28-18-20-8-12-22(35-4)13-9-20)27-29-24-16-7-19(3)17-25(24)36-27/h7-18H,5-6H2,1-4H3/b28-18+. The van der Waals surface area contributed by atoms with Crippen molar-refractivity contribution in [2.24, 2.45) is 5.10 Å². The maximum Gasteiger partial charge on any atom is 0.280 e. The third kappa shape index (κ3) is 5.71. The Kier molecular flexibility index (Phi) is 8.01. The molecule has 1 amide bonds. The van der Waals surface area contributed by atoms with Gasteiger partial charge in [0.25, 0.3) is 5.91 Å². The lowest BCUT2D eigenvalue weighted by Crippen LogP contribution is -2.30. The second-order valence-electron chi connectivity index (χ2n) is 8.22. The van der Waals surface area contributed by atoms with E-state index in [-0.39, 0.29) is 4.90 Å². The maximum absolute atomic E-state index is 13.6. The molecule has 0 aliphatic heterocycles. The number of hydrogen-bond donors (Lipinski definition) is 0. The maximum atomic E-state index is 13.6. The highest BCUT2D eigenvalue weighted by Crippen LogP contribution is 2.31. The summed E-state index contributed by atoms with van der Waals surface area (Å²) in [6, 6.07) is 19.1. The first-order valence-corrected chi connectivity index (χ1v) is 14.0. The van der Waals surface area contributed by atoms with E-state index in [9.17, 15) is 13.2 Å². The van der Waals surface area contributed by atoms with Crippen LogP contribution in [0.5, 0.6) is 5.75 Å². The van der Waals surface area contributed by atoms with Crippen molar-refractivity contribution in [1.82, 2.24) is 9.29 Å². The molecule has 0 aliphatic rings. The lowest BCUT2D eigenvalue weighted by molar-refractivity contribution is 0.0987. The van der Waals surface area contributed by atoms with Crippen LogP contribution < -0.4 is 9.75 Å². The average Bonchev–Trinajstić information content (AvgIpc) is 3.32. The predicted octanol–water partition coefficient (Wildman–Crippen LogP) is 5.32. The molecule has 1 heterocycles. The number of thiazole rings is 1. The van der Waals surface area contributed by atoms with Crippen LogP contribution in [0.1, 0.15) is 35.3 Å². The van der Waals surface area contributed by atoms with E-state index < -0.39 is 15.9 Å². The first-order valence-electron chi connectivity index (χ1n) is 11.8. The summed E-state index contributed by atoms with van der Waals surface area (Å²) in [7, 11) is -2.04. The van der Waals surface area contributed by atoms with Crippen molar-refractivity contribution in [3.05, 3.63) is 83.4 Å². The van der Waals surface area contributed by atoms with E-state index in [1.54, 1.807) is 27.2 Å². The number of nitrogens with zero attached hydrogens (tertiary/aromatic N) is 4. The highest BCUT2D eigenvalue weighted by molar-refractivity contribution is 7.89. The summed E-state index contributed by atoms with van der Waals surface area (Å²) >= 11 is 1.36. The topological polar surface area (TPSA) is 92.2 Å². The zero-order chi connectivity index (χ0) is 26.6. The van der Waals surface area contributed by atoms with Crippen LogP contribution >= 0.6 is 11.3 Å². The summed E-state index contributed by atoms with van der Waals surface area (Å²) in [6.07, 6.45) is 1.58. The van der Waals surface area contributed by atoms with Crippen molar-refractivity contribution in [2.75, 3.05) is 25.2 Å². The van der Waals surface area contributed by atoms with Gasteiger partial charge in [0.2, 0.25) is 15.2 Å². The number of aromatic nitrogens is 1. The zero-order valence-corrected chi connectivity index (χ0v) is 22.7. The van der Waals surface area contributed by atoms with Gasteiger partial charge in [-0.3, -0.25) is 4.79 Å². The SMILES string of the molecule is CCN(CC)S(=O)(=O)c1ccc(C(=O)N(/N=C/c2ccc(OC)cc2)c2nc3ccc(C)cc3s2)cc1. The van der Waals surface area contributed by atoms with E-state index in [2.05, 4.69) is 10.1 Å². The minimum Gasteiger partial charge on any atom is -0.497 e. The smallest absolute Gasteiger partial charge is 0.280 e. The number of rotatable bonds is 9. The van der Waals surface area contributed by atoms with Crippen LogP contribution in [0.4, 0.5) is 5.13 Å². The van der Waals surface area contributed by atoms with Crippen molar-refractivity contribution >= 4 is 48.8 Å².